The van der Waals surface area contributed by atoms with Gasteiger partial charge in [0, 0.05) is 11.6 Å². The van der Waals surface area contributed by atoms with Crippen LogP contribution in [0.3, 0.4) is 0 Å². The lowest BCUT2D eigenvalue weighted by Gasteiger charge is -2.39. The van der Waals surface area contributed by atoms with Crippen molar-refractivity contribution in [3.63, 3.8) is 0 Å². The van der Waals surface area contributed by atoms with Crippen LogP contribution in [0.2, 0.25) is 0 Å². The largest absolute Gasteiger partial charge is 0.296 e. The summed E-state index contributed by atoms with van der Waals surface area (Å²) in [6.45, 7) is 10.7. The van der Waals surface area contributed by atoms with Gasteiger partial charge in [0.25, 0.3) is 0 Å². The van der Waals surface area contributed by atoms with E-state index in [0.717, 1.165) is 6.04 Å². The highest BCUT2D eigenvalue weighted by Gasteiger charge is 2.26. The molecule has 72 valence electrons. The molecule has 0 aromatic heterocycles. The standard InChI is InChI=1S/C11H23N/c1-10-8-6-5-7-9-12(10)11(2,3)4/h10H,5-9H2,1-4H3/t10-/m1/s1. The summed E-state index contributed by atoms with van der Waals surface area (Å²) in [5, 5.41) is 0. The third-order valence-electron chi connectivity index (χ3n) is 2.91. The van der Waals surface area contributed by atoms with Crippen LogP contribution < -0.4 is 0 Å². The number of nitrogens with zero attached hydrogens (tertiary/aromatic N) is 1. The summed E-state index contributed by atoms with van der Waals surface area (Å²) in [5.74, 6) is 0. The molecule has 0 aromatic carbocycles. The molecule has 0 N–H and O–H groups in total. The fourth-order valence-corrected chi connectivity index (χ4v) is 2.27. The highest BCUT2D eigenvalue weighted by molar-refractivity contribution is 4.82. The first kappa shape index (κ1) is 10.0. The molecule has 0 aliphatic carbocycles. The van der Waals surface area contributed by atoms with Crippen molar-refractivity contribution < 1.29 is 0 Å². The molecule has 12 heavy (non-hydrogen) atoms. The summed E-state index contributed by atoms with van der Waals surface area (Å²) in [7, 11) is 0. The summed E-state index contributed by atoms with van der Waals surface area (Å²) in [4.78, 5) is 2.65. The molecule has 0 spiro atoms. The molecule has 1 aliphatic rings. The second kappa shape index (κ2) is 3.78. The second-order valence-electron chi connectivity index (χ2n) is 5.06. The fourth-order valence-electron chi connectivity index (χ4n) is 2.27. The van der Waals surface area contributed by atoms with Crippen molar-refractivity contribution in [3.8, 4) is 0 Å². The van der Waals surface area contributed by atoms with E-state index >= 15 is 0 Å². The molecule has 0 unspecified atom stereocenters. The molecular weight excluding hydrogens is 146 g/mol. The maximum atomic E-state index is 2.65. The molecule has 1 heterocycles. The van der Waals surface area contributed by atoms with Crippen molar-refractivity contribution >= 4 is 0 Å². The Hall–Kier alpha value is -0.0400. The molecule has 0 bridgehead atoms. The van der Waals surface area contributed by atoms with Crippen molar-refractivity contribution in [2.75, 3.05) is 6.54 Å². The van der Waals surface area contributed by atoms with Crippen molar-refractivity contribution in [3.05, 3.63) is 0 Å². The number of hydrogen-bond acceptors (Lipinski definition) is 1. The molecule has 1 atom stereocenters. The van der Waals surface area contributed by atoms with E-state index in [2.05, 4.69) is 32.6 Å². The smallest absolute Gasteiger partial charge is 0.0127 e. The number of hydrogen-bond donors (Lipinski definition) is 0. The van der Waals surface area contributed by atoms with Crippen LogP contribution in [0.1, 0.15) is 53.4 Å². The van der Waals surface area contributed by atoms with Gasteiger partial charge >= 0.3 is 0 Å². The van der Waals surface area contributed by atoms with E-state index < -0.39 is 0 Å². The monoisotopic (exact) mass is 169 g/mol. The van der Waals surface area contributed by atoms with Gasteiger partial charge < -0.3 is 0 Å². The molecule has 1 fully saturated rings. The Morgan fingerprint density at radius 1 is 1.08 bits per heavy atom. The molecule has 1 saturated heterocycles. The zero-order valence-corrected chi connectivity index (χ0v) is 9.06. The highest BCUT2D eigenvalue weighted by Crippen LogP contribution is 2.24. The zero-order chi connectivity index (χ0) is 9.19. The van der Waals surface area contributed by atoms with Gasteiger partial charge in [-0.15, -0.1) is 0 Å². The Morgan fingerprint density at radius 2 is 1.75 bits per heavy atom. The fraction of sp³-hybridized carbons (Fsp3) is 1.00. The van der Waals surface area contributed by atoms with Crippen LogP contribution in [-0.4, -0.2) is 23.0 Å². The van der Waals surface area contributed by atoms with E-state index in [-0.39, 0.29) is 0 Å². The van der Waals surface area contributed by atoms with Gasteiger partial charge in [0.2, 0.25) is 0 Å². The first-order chi connectivity index (χ1) is 5.52. The van der Waals surface area contributed by atoms with E-state index in [0.29, 0.717) is 5.54 Å². The molecule has 0 radical (unpaired) electrons. The van der Waals surface area contributed by atoms with Crippen molar-refractivity contribution in [2.24, 2.45) is 0 Å². The minimum Gasteiger partial charge on any atom is -0.296 e. The van der Waals surface area contributed by atoms with Crippen LogP contribution >= 0.6 is 0 Å². The van der Waals surface area contributed by atoms with Gasteiger partial charge in [-0.05, 0) is 47.1 Å². The average molecular weight is 169 g/mol. The lowest BCUT2D eigenvalue weighted by atomic mass is 10.0. The number of likely N-dealkylation sites (tertiary alicyclic amines) is 1. The molecule has 0 saturated carbocycles. The van der Waals surface area contributed by atoms with Crippen LogP contribution in [0.5, 0.6) is 0 Å². The van der Waals surface area contributed by atoms with E-state index in [4.69, 9.17) is 0 Å². The molecule has 0 amide bonds. The van der Waals surface area contributed by atoms with Gasteiger partial charge in [-0.1, -0.05) is 12.8 Å². The zero-order valence-electron chi connectivity index (χ0n) is 9.06. The number of rotatable bonds is 0. The normalized spacial score (nSPS) is 28.5. The van der Waals surface area contributed by atoms with Crippen LogP contribution in [-0.2, 0) is 0 Å². The Kier molecular flexibility index (Phi) is 3.16. The SMILES string of the molecule is C[C@@H]1CCCCCN1C(C)(C)C. The maximum Gasteiger partial charge on any atom is 0.0127 e. The molecule has 0 aromatic rings. The molecule has 1 nitrogen and oxygen atoms in total. The predicted octanol–water partition coefficient (Wildman–Crippen LogP) is 3.05. The topological polar surface area (TPSA) is 3.24 Å². The van der Waals surface area contributed by atoms with Crippen LogP contribution in [0.25, 0.3) is 0 Å². The Balaban J connectivity index is 2.59. The van der Waals surface area contributed by atoms with Gasteiger partial charge in [-0.2, -0.15) is 0 Å². The maximum absolute atomic E-state index is 2.65. The summed E-state index contributed by atoms with van der Waals surface area (Å²) in [6.07, 6.45) is 5.63. The minimum atomic E-state index is 0.365. The summed E-state index contributed by atoms with van der Waals surface area (Å²) >= 11 is 0. The second-order valence-corrected chi connectivity index (χ2v) is 5.06. The highest BCUT2D eigenvalue weighted by atomic mass is 15.2. The van der Waals surface area contributed by atoms with Gasteiger partial charge in [0.05, 0.1) is 0 Å². The van der Waals surface area contributed by atoms with Crippen LogP contribution in [0.15, 0.2) is 0 Å². The molecule has 1 aliphatic heterocycles. The third-order valence-corrected chi connectivity index (χ3v) is 2.91. The Bertz CT molecular complexity index is 134. The lowest BCUT2D eigenvalue weighted by Crippen LogP contribution is -2.46. The van der Waals surface area contributed by atoms with Crippen LogP contribution in [0.4, 0.5) is 0 Å². The molecule has 1 heteroatoms. The van der Waals surface area contributed by atoms with Gasteiger partial charge in [0.1, 0.15) is 0 Å². The van der Waals surface area contributed by atoms with Crippen molar-refractivity contribution in [1.29, 1.82) is 0 Å². The van der Waals surface area contributed by atoms with E-state index in [1.165, 1.54) is 32.2 Å². The summed E-state index contributed by atoms with van der Waals surface area (Å²) in [6, 6.07) is 0.785. The Labute approximate surface area is 77.1 Å². The van der Waals surface area contributed by atoms with Gasteiger partial charge in [-0.3, -0.25) is 4.90 Å². The van der Waals surface area contributed by atoms with Gasteiger partial charge in [0.15, 0.2) is 0 Å². The predicted molar refractivity (Wildman–Crippen MR) is 54.4 cm³/mol. The van der Waals surface area contributed by atoms with Crippen LogP contribution in [0, 0.1) is 0 Å². The third kappa shape index (κ3) is 2.48. The lowest BCUT2D eigenvalue weighted by molar-refractivity contribution is 0.0941. The summed E-state index contributed by atoms with van der Waals surface area (Å²) < 4.78 is 0. The van der Waals surface area contributed by atoms with Gasteiger partial charge in [-0.25, -0.2) is 0 Å². The van der Waals surface area contributed by atoms with E-state index in [1.807, 2.05) is 0 Å². The van der Waals surface area contributed by atoms with Crippen molar-refractivity contribution in [2.45, 2.75) is 65.0 Å². The quantitative estimate of drug-likeness (QED) is 0.539. The average Bonchev–Trinajstić information content (AvgIpc) is 2.11. The Morgan fingerprint density at radius 3 is 2.33 bits per heavy atom. The molecule has 1 rings (SSSR count). The van der Waals surface area contributed by atoms with E-state index in [1.54, 1.807) is 0 Å². The minimum absolute atomic E-state index is 0.365. The first-order valence-corrected chi connectivity index (χ1v) is 5.28. The van der Waals surface area contributed by atoms with Crippen molar-refractivity contribution in [1.82, 2.24) is 4.90 Å². The van der Waals surface area contributed by atoms with E-state index in [9.17, 15) is 0 Å². The molecular formula is C11H23N. The summed E-state index contributed by atoms with van der Waals surface area (Å²) in [5.41, 5.74) is 0.365. The first-order valence-electron chi connectivity index (χ1n) is 5.28.